The monoisotopic (exact) mass is 407 g/mol. The largest absolute Gasteiger partial charge is 0.497 e. The molecule has 0 aliphatic carbocycles. The van der Waals surface area contributed by atoms with E-state index in [2.05, 4.69) is 25.7 Å². The summed E-state index contributed by atoms with van der Waals surface area (Å²) < 4.78 is 28.9. The lowest BCUT2D eigenvalue weighted by atomic mass is 10.2. The van der Waals surface area contributed by atoms with E-state index in [1.54, 1.807) is 38.5 Å². The number of hydrogen-bond acceptors (Lipinski definition) is 8. The average Bonchev–Trinajstić information content (AvgIpc) is 3.28. The summed E-state index contributed by atoms with van der Waals surface area (Å²) in [6.07, 6.45) is 0. The number of nitrogens with one attached hydrogen (secondary N) is 1. The quantitative estimate of drug-likeness (QED) is 0.492. The molecule has 1 N–H and O–H groups in total. The van der Waals surface area contributed by atoms with Gasteiger partial charge >= 0.3 is 0 Å². The predicted molar refractivity (Wildman–Crippen MR) is 108 cm³/mol. The molecule has 152 valence electrons. The van der Waals surface area contributed by atoms with E-state index in [-0.39, 0.29) is 11.7 Å². The zero-order valence-corrected chi connectivity index (χ0v) is 16.3. The van der Waals surface area contributed by atoms with E-state index in [0.717, 1.165) is 17.1 Å². The summed E-state index contributed by atoms with van der Waals surface area (Å²) in [5.41, 5.74) is 1.99. The molecule has 0 fully saturated rings. The van der Waals surface area contributed by atoms with Crippen LogP contribution in [0.25, 0.3) is 23.0 Å². The lowest BCUT2D eigenvalue weighted by molar-refractivity contribution is 0.399. The minimum atomic E-state index is -0.331. The van der Waals surface area contributed by atoms with Crippen LogP contribution in [0.5, 0.6) is 11.5 Å². The van der Waals surface area contributed by atoms with E-state index in [0.29, 0.717) is 29.4 Å². The Kier molecular flexibility index (Phi) is 5.51. The Balaban J connectivity index is 1.45. The first-order chi connectivity index (χ1) is 14.7. The molecular formula is C21H18FN5O3. The lowest BCUT2D eigenvalue weighted by Crippen LogP contribution is -2.04. The first-order valence-corrected chi connectivity index (χ1v) is 9.05. The summed E-state index contributed by atoms with van der Waals surface area (Å²) in [6, 6.07) is 14.9. The number of ether oxygens (including phenoxy) is 2. The summed E-state index contributed by atoms with van der Waals surface area (Å²) in [4.78, 5) is 4.29. The third-order valence-corrected chi connectivity index (χ3v) is 4.36. The Hall–Kier alpha value is -4.01. The second-order valence-electron chi connectivity index (χ2n) is 6.27. The molecule has 4 rings (SSSR count). The lowest BCUT2D eigenvalue weighted by Gasteiger charge is -2.11. The van der Waals surface area contributed by atoms with Crippen LogP contribution >= 0.6 is 0 Å². The Morgan fingerprint density at radius 1 is 0.967 bits per heavy atom. The van der Waals surface area contributed by atoms with Crippen molar-refractivity contribution in [3.63, 3.8) is 0 Å². The highest BCUT2D eigenvalue weighted by Gasteiger charge is 2.13. The summed E-state index contributed by atoms with van der Waals surface area (Å²) in [5, 5.41) is 15.4. The van der Waals surface area contributed by atoms with Crippen LogP contribution < -0.4 is 14.8 Å². The third-order valence-electron chi connectivity index (χ3n) is 4.36. The number of aromatic nitrogens is 4. The fourth-order valence-corrected chi connectivity index (χ4v) is 2.79. The topological polar surface area (TPSA) is 95.2 Å². The minimum Gasteiger partial charge on any atom is -0.497 e. The summed E-state index contributed by atoms with van der Waals surface area (Å²) in [6.45, 7) is 0.476. The van der Waals surface area contributed by atoms with Crippen LogP contribution in [0.2, 0.25) is 0 Å². The summed E-state index contributed by atoms with van der Waals surface area (Å²) in [5.74, 6) is 2.29. The zero-order valence-electron chi connectivity index (χ0n) is 16.3. The van der Waals surface area contributed by atoms with Gasteiger partial charge in [0.2, 0.25) is 5.82 Å². The highest BCUT2D eigenvalue weighted by molar-refractivity contribution is 5.58. The van der Waals surface area contributed by atoms with Crippen molar-refractivity contribution < 1.29 is 18.4 Å². The summed E-state index contributed by atoms with van der Waals surface area (Å²) in [7, 11) is 3.23. The Morgan fingerprint density at radius 2 is 1.80 bits per heavy atom. The SMILES string of the molecule is COc1ccc(OC)c(CNc2ccc(-c3nc(-c4ccc(F)cc4)no3)nn2)c1. The Labute approximate surface area is 171 Å². The molecule has 2 heterocycles. The number of rotatable bonds is 7. The first-order valence-electron chi connectivity index (χ1n) is 9.05. The van der Waals surface area contributed by atoms with Gasteiger partial charge in [0.1, 0.15) is 23.1 Å². The number of nitrogens with zero attached hydrogens (tertiary/aromatic N) is 4. The van der Waals surface area contributed by atoms with E-state index in [4.69, 9.17) is 14.0 Å². The van der Waals surface area contributed by atoms with Gasteiger partial charge in [-0.25, -0.2) is 4.39 Å². The van der Waals surface area contributed by atoms with Gasteiger partial charge < -0.3 is 19.3 Å². The van der Waals surface area contributed by atoms with Gasteiger partial charge in [-0.3, -0.25) is 0 Å². The Morgan fingerprint density at radius 3 is 2.50 bits per heavy atom. The molecule has 0 spiro atoms. The number of methoxy groups -OCH3 is 2. The maximum atomic E-state index is 13.1. The number of benzene rings is 2. The molecule has 0 saturated heterocycles. The van der Waals surface area contributed by atoms with Crippen molar-refractivity contribution >= 4 is 5.82 Å². The average molecular weight is 407 g/mol. The van der Waals surface area contributed by atoms with Crippen molar-refractivity contribution in [2.75, 3.05) is 19.5 Å². The molecule has 0 unspecified atom stereocenters. The first kappa shape index (κ1) is 19.3. The van der Waals surface area contributed by atoms with Gasteiger partial charge in [-0.05, 0) is 54.6 Å². The standard InChI is InChI=1S/C21H18FN5O3/c1-28-16-7-9-18(29-2)14(11-16)12-23-19-10-8-17(25-26-19)21-24-20(27-30-21)13-3-5-15(22)6-4-13/h3-11H,12H2,1-2H3,(H,23,26). The van der Waals surface area contributed by atoms with Gasteiger partial charge in [-0.15, -0.1) is 10.2 Å². The van der Waals surface area contributed by atoms with Crippen LogP contribution in [0.1, 0.15) is 5.56 Å². The maximum absolute atomic E-state index is 13.1. The zero-order chi connectivity index (χ0) is 20.9. The van der Waals surface area contributed by atoms with E-state index >= 15 is 0 Å². The molecular weight excluding hydrogens is 389 g/mol. The predicted octanol–water partition coefficient (Wildman–Crippen LogP) is 3.96. The van der Waals surface area contributed by atoms with Gasteiger partial charge in [-0.2, -0.15) is 4.98 Å². The van der Waals surface area contributed by atoms with Crippen LogP contribution in [-0.2, 0) is 6.54 Å². The van der Waals surface area contributed by atoms with Crippen LogP contribution in [0.3, 0.4) is 0 Å². The van der Waals surface area contributed by atoms with Crippen LogP contribution in [0, 0.1) is 5.82 Å². The second-order valence-corrected chi connectivity index (χ2v) is 6.27. The van der Waals surface area contributed by atoms with Gasteiger partial charge in [0, 0.05) is 17.7 Å². The maximum Gasteiger partial charge on any atom is 0.278 e. The molecule has 4 aromatic rings. The summed E-state index contributed by atoms with van der Waals surface area (Å²) >= 11 is 0. The smallest absolute Gasteiger partial charge is 0.278 e. The van der Waals surface area contributed by atoms with Gasteiger partial charge in [0.25, 0.3) is 5.89 Å². The highest BCUT2D eigenvalue weighted by atomic mass is 19.1. The van der Waals surface area contributed by atoms with E-state index in [9.17, 15) is 4.39 Å². The van der Waals surface area contributed by atoms with Crippen molar-refractivity contribution in [3.8, 4) is 34.5 Å². The van der Waals surface area contributed by atoms with Crippen LogP contribution in [0.15, 0.2) is 59.1 Å². The molecule has 0 radical (unpaired) electrons. The molecule has 2 aromatic carbocycles. The van der Waals surface area contributed by atoms with E-state index < -0.39 is 0 Å². The van der Waals surface area contributed by atoms with E-state index in [1.165, 1.54) is 12.1 Å². The molecule has 8 nitrogen and oxygen atoms in total. The van der Waals surface area contributed by atoms with Crippen molar-refractivity contribution in [2.45, 2.75) is 6.54 Å². The fourth-order valence-electron chi connectivity index (χ4n) is 2.79. The number of hydrogen-bond donors (Lipinski definition) is 1. The molecule has 30 heavy (non-hydrogen) atoms. The van der Waals surface area contributed by atoms with Crippen molar-refractivity contribution in [1.29, 1.82) is 0 Å². The molecule has 0 aliphatic heterocycles. The van der Waals surface area contributed by atoms with Crippen LogP contribution in [0.4, 0.5) is 10.2 Å². The van der Waals surface area contributed by atoms with Gasteiger partial charge in [0.15, 0.2) is 5.69 Å². The molecule has 0 bridgehead atoms. The molecule has 9 heteroatoms. The second kappa shape index (κ2) is 8.56. The molecule has 0 aliphatic rings. The minimum absolute atomic E-state index is 0.225. The number of halogens is 1. The highest BCUT2D eigenvalue weighted by Crippen LogP contribution is 2.25. The number of anilines is 1. The molecule has 0 saturated carbocycles. The van der Waals surface area contributed by atoms with Gasteiger partial charge in [0.05, 0.1) is 14.2 Å². The molecule has 2 aromatic heterocycles. The molecule has 0 amide bonds. The van der Waals surface area contributed by atoms with Crippen molar-refractivity contribution in [1.82, 2.24) is 20.3 Å². The van der Waals surface area contributed by atoms with E-state index in [1.807, 2.05) is 18.2 Å². The third kappa shape index (κ3) is 4.19. The van der Waals surface area contributed by atoms with Gasteiger partial charge in [-0.1, -0.05) is 5.16 Å². The fraction of sp³-hybridized carbons (Fsp3) is 0.143. The Bertz CT molecular complexity index is 1130. The van der Waals surface area contributed by atoms with Crippen LogP contribution in [-0.4, -0.2) is 34.6 Å². The normalized spacial score (nSPS) is 10.6. The van der Waals surface area contributed by atoms with Crippen molar-refractivity contribution in [2.24, 2.45) is 0 Å². The molecule has 0 atom stereocenters. The van der Waals surface area contributed by atoms with Crippen molar-refractivity contribution in [3.05, 3.63) is 66.0 Å².